The van der Waals surface area contributed by atoms with Gasteiger partial charge in [0.1, 0.15) is 6.61 Å². The number of rotatable bonds is 12. The molecule has 0 rings (SSSR count). The summed E-state index contributed by atoms with van der Waals surface area (Å²) in [7, 11) is 0. The van der Waals surface area contributed by atoms with Crippen LogP contribution in [0.15, 0.2) is 12.2 Å². The fourth-order valence-electron chi connectivity index (χ4n) is 1.50. The van der Waals surface area contributed by atoms with Crippen LogP contribution in [0.4, 0.5) is 0 Å². The number of hydrogen-bond donors (Lipinski definition) is 0. The van der Waals surface area contributed by atoms with E-state index >= 15 is 0 Å². The van der Waals surface area contributed by atoms with Gasteiger partial charge in [-0.05, 0) is 13.3 Å². The minimum atomic E-state index is 0.511. The van der Waals surface area contributed by atoms with Gasteiger partial charge < -0.3 is 0 Å². The van der Waals surface area contributed by atoms with Crippen molar-refractivity contribution in [2.45, 2.75) is 65.2 Å². The second kappa shape index (κ2) is 12.7. The van der Waals surface area contributed by atoms with E-state index in [0.717, 1.165) is 12.0 Å². The highest BCUT2D eigenvalue weighted by atomic mass is 17.2. The predicted molar refractivity (Wildman–Crippen MR) is 69.3 cm³/mol. The van der Waals surface area contributed by atoms with Gasteiger partial charge in [-0.15, -0.1) is 0 Å². The molecule has 2 heteroatoms. The Kier molecular flexibility index (Phi) is 12.5. The van der Waals surface area contributed by atoms with Gasteiger partial charge in [0.15, 0.2) is 0 Å². The van der Waals surface area contributed by atoms with Crippen LogP contribution in [0.5, 0.6) is 0 Å². The van der Waals surface area contributed by atoms with Gasteiger partial charge in [0, 0.05) is 0 Å². The summed E-state index contributed by atoms with van der Waals surface area (Å²) in [6.45, 7) is 9.14. The molecule has 0 fully saturated rings. The molecule has 0 aliphatic carbocycles. The molecular formula is C14H28O2. The highest BCUT2D eigenvalue weighted by Crippen LogP contribution is 2.08. The minimum absolute atomic E-state index is 0.511. The SMILES string of the molecule is C=C(C)COOCCCCCCCCCC. The molecular weight excluding hydrogens is 200 g/mol. The first-order valence-corrected chi connectivity index (χ1v) is 6.66. The Morgan fingerprint density at radius 3 is 2.00 bits per heavy atom. The maximum atomic E-state index is 5.03. The van der Waals surface area contributed by atoms with Crippen LogP contribution in [0.1, 0.15) is 65.2 Å². The minimum Gasteiger partial charge on any atom is -0.236 e. The summed E-state index contributed by atoms with van der Waals surface area (Å²) in [4.78, 5) is 9.98. The quantitative estimate of drug-likeness (QED) is 0.209. The molecule has 2 nitrogen and oxygen atoms in total. The average molecular weight is 228 g/mol. The molecule has 0 N–H and O–H groups in total. The molecule has 0 bridgehead atoms. The van der Waals surface area contributed by atoms with Crippen molar-refractivity contribution in [2.75, 3.05) is 13.2 Å². The molecule has 0 saturated carbocycles. The summed E-state index contributed by atoms with van der Waals surface area (Å²) in [6, 6.07) is 0. The fourth-order valence-corrected chi connectivity index (χ4v) is 1.50. The topological polar surface area (TPSA) is 18.5 Å². The number of hydrogen-bond acceptors (Lipinski definition) is 2. The van der Waals surface area contributed by atoms with Gasteiger partial charge in [-0.25, -0.2) is 9.78 Å². The van der Waals surface area contributed by atoms with Crippen LogP contribution in [0.3, 0.4) is 0 Å². The summed E-state index contributed by atoms with van der Waals surface area (Å²) < 4.78 is 0. The van der Waals surface area contributed by atoms with Crippen LogP contribution in [-0.2, 0) is 9.78 Å². The van der Waals surface area contributed by atoms with Crippen molar-refractivity contribution in [3.05, 3.63) is 12.2 Å². The standard InChI is InChI=1S/C14H28O2/c1-4-5-6-7-8-9-10-11-12-15-16-13-14(2)3/h2,4-13H2,1,3H3. The van der Waals surface area contributed by atoms with Crippen molar-refractivity contribution >= 4 is 0 Å². The van der Waals surface area contributed by atoms with Crippen molar-refractivity contribution < 1.29 is 9.78 Å². The Hall–Kier alpha value is -0.340. The van der Waals surface area contributed by atoms with E-state index in [1.165, 1.54) is 44.9 Å². The first kappa shape index (κ1) is 15.7. The molecule has 0 unspecified atom stereocenters. The Labute approximate surface area is 101 Å². The molecule has 16 heavy (non-hydrogen) atoms. The molecule has 0 radical (unpaired) electrons. The van der Waals surface area contributed by atoms with Crippen molar-refractivity contribution in [1.82, 2.24) is 0 Å². The van der Waals surface area contributed by atoms with Gasteiger partial charge in [0.05, 0.1) is 6.61 Å². The van der Waals surface area contributed by atoms with Crippen molar-refractivity contribution in [3.63, 3.8) is 0 Å². The molecule has 0 aliphatic rings. The predicted octanol–water partition coefficient (Wildman–Crippen LogP) is 4.65. The van der Waals surface area contributed by atoms with E-state index in [1.807, 2.05) is 6.92 Å². The monoisotopic (exact) mass is 228 g/mol. The summed E-state index contributed by atoms with van der Waals surface area (Å²) >= 11 is 0. The van der Waals surface area contributed by atoms with Crippen LogP contribution >= 0.6 is 0 Å². The lowest BCUT2D eigenvalue weighted by atomic mass is 10.1. The molecule has 96 valence electrons. The van der Waals surface area contributed by atoms with Crippen LogP contribution < -0.4 is 0 Å². The maximum absolute atomic E-state index is 5.03. The third-order valence-corrected chi connectivity index (χ3v) is 2.47. The maximum Gasteiger partial charge on any atom is 0.103 e. The van der Waals surface area contributed by atoms with E-state index in [-0.39, 0.29) is 0 Å². The first-order chi connectivity index (χ1) is 7.77. The van der Waals surface area contributed by atoms with Gasteiger partial charge in [0.2, 0.25) is 0 Å². The molecule has 0 amide bonds. The van der Waals surface area contributed by atoms with Crippen molar-refractivity contribution in [3.8, 4) is 0 Å². The van der Waals surface area contributed by atoms with Crippen LogP contribution in [0.2, 0.25) is 0 Å². The molecule has 0 heterocycles. The lowest BCUT2D eigenvalue weighted by molar-refractivity contribution is -0.288. The van der Waals surface area contributed by atoms with E-state index in [2.05, 4.69) is 13.5 Å². The smallest absolute Gasteiger partial charge is 0.103 e. The van der Waals surface area contributed by atoms with Crippen LogP contribution in [-0.4, -0.2) is 13.2 Å². The van der Waals surface area contributed by atoms with E-state index in [0.29, 0.717) is 13.2 Å². The fraction of sp³-hybridized carbons (Fsp3) is 0.857. The van der Waals surface area contributed by atoms with Gasteiger partial charge in [-0.1, -0.05) is 64.0 Å². The van der Waals surface area contributed by atoms with Crippen LogP contribution in [0.25, 0.3) is 0 Å². The Balaban J connectivity index is 2.90. The molecule has 0 atom stereocenters. The molecule has 0 spiro atoms. The molecule has 0 aromatic rings. The second-order valence-corrected chi connectivity index (χ2v) is 4.52. The second-order valence-electron chi connectivity index (χ2n) is 4.52. The summed E-state index contributed by atoms with van der Waals surface area (Å²) in [5.41, 5.74) is 0.996. The average Bonchev–Trinajstić information content (AvgIpc) is 2.25. The number of unbranched alkanes of at least 4 members (excludes halogenated alkanes) is 7. The normalized spacial score (nSPS) is 10.6. The molecule has 0 saturated heterocycles. The van der Waals surface area contributed by atoms with Gasteiger partial charge >= 0.3 is 0 Å². The molecule has 0 aromatic heterocycles. The summed E-state index contributed by atoms with van der Waals surface area (Å²) in [5, 5.41) is 0. The van der Waals surface area contributed by atoms with Gasteiger partial charge in [-0.2, -0.15) is 0 Å². The van der Waals surface area contributed by atoms with Crippen LogP contribution in [0, 0.1) is 0 Å². The Morgan fingerprint density at radius 2 is 1.44 bits per heavy atom. The van der Waals surface area contributed by atoms with Gasteiger partial charge in [-0.3, -0.25) is 0 Å². The van der Waals surface area contributed by atoms with Crippen molar-refractivity contribution in [1.29, 1.82) is 0 Å². The largest absolute Gasteiger partial charge is 0.236 e. The summed E-state index contributed by atoms with van der Waals surface area (Å²) in [5.74, 6) is 0. The van der Waals surface area contributed by atoms with E-state index in [1.54, 1.807) is 0 Å². The Morgan fingerprint density at radius 1 is 0.875 bits per heavy atom. The zero-order valence-electron chi connectivity index (χ0n) is 11.1. The Bertz CT molecular complexity index is 155. The summed E-state index contributed by atoms with van der Waals surface area (Å²) in [6.07, 6.45) is 10.5. The van der Waals surface area contributed by atoms with E-state index in [9.17, 15) is 0 Å². The highest BCUT2D eigenvalue weighted by molar-refractivity contribution is 4.86. The lowest BCUT2D eigenvalue weighted by Gasteiger charge is -2.03. The highest BCUT2D eigenvalue weighted by Gasteiger charge is 1.93. The molecule has 0 aromatic carbocycles. The van der Waals surface area contributed by atoms with Crippen molar-refractivity contribution in [2.24, 2.45) is 0 Å². The van der Waals surface area contributed by atoms with E-state index < -0.39 is 0 Å². The van der Waals surface area contributed by atoms with Gasteiger partial charge in [0.25, 0.3) is 0 Å². The molecule has 0 aliphatic heterocycles. The zero-order chi connectivity index (χ0) is 12.1. The lowest BCUT2D eigenvalue weighted by Crippen LogP contribution is -1.99. The van der Waals surface area contributed by atoms with E-state index in [4.69, 9.17) is 9.78 Å². The first-order valence-electron chi connectivity index (χ1n) is 6.66. The third kappa shape index (κ3) is 13.7. The zero-order valence-corrected chi connectivity index (χ0v) is 11.1. The third-order valence-electron chi connectivity index (χ3n) is 2.47.